The Bertz CT molecular complexity index is 672. The summed E-state index contributed by atoms with van der Waals surface area (Å²) in [5, 5.41) is 2.90. The number of halogens is 1. The number of aryl methyl sites for hydroxylation is 2. The van der Waals surface area contributed by atoms with Crippen LogP contribution in [0.4, 0.5) is 4.39 Å². The lowest BCUT2D eigenvalue weighted by molar-refractivity contribution is -0.121. The van der Waals surface area contributed by atoms with Gasteiger partial charge in [0.15, 0.2) is 0 Å². The molecule has 0 fully saturated rings. The maximum atomic E-state index is 13.5. The molecule has 25 heavy (non-hydrogen) atoms. The van der Waals surface area contributed by atoms with E-state index in [9.17, 15) is 9.18 Å². The van der Waals surface area contributed by atoms with Gasteiger partial charge in [-0.05, 0) is 48.9 Å². The van der Waals surface area contributed by atoms with Gasteiger partial charge < -0.3 is 10.1 Å². The van der Waals surface area contributed by atoms with Gasteiger partial charge in [-0.3, -0.25) is 4.79 Å². The molecule has 4 heteroatoms. The quantitative estimate of drug-likeness (QED) is 0.653. The zero-order chi connectivity index (χ0) is 17.9. The highest BCUT2D eigenvalue weighted by molar-refractivity contribution is 5.76. The number of nitrogens with one attached hydrogen (secondary N) is 1. The van der Waals surface area contributed by atoms with Gasteiger partial charge in [0.1, 0.15) is 11.6 Å². The summed E-state index contributed by atoms with van der Waals surface area (Å²) in [5.74, 6) is 0.632. The van der Waals surface area contributed by atoms with Crippen LogP contribution in [0.15, 0.2) is 48.5 Å². The molecule has 1 amide bonds. The Balaban J connectivity index is 1.69. The van der Waals surface area contributed by atoms with Gasteiger partial charge in [-0.1, -0.05) is 43.3 Å². The van der Waals surface area contributed by atoms with Crippen LogP contribution in [0.1, 0.15) is 37.3 Å². The minimum atomic E-state index is -0.251. The Morgan fingerprint density at radius 2 is 1.76 bits per heavy atom. The number of carbonyl (C=O) groups excluding carboxylic acids is 1. The van der Waals surface area contributed by atoms with E-state index < -0.39 is 0 Å². The van der Waals surface area contributed by atoms with Crippen molar-refractivity contribution in [2.75, 3.05) is 13.2 Å². The zero-order valence-electron chi connectivity index (χ0n) is 14.8. The number of carbonyl (C=O) groups is 1. The van der Waals surface area contributed by atoms with Crippen molar-refractivity contribution in [2.24, 2.45) is 0 Å². The summed E-state index contributed by atoms with van der Waals surface area (Å²) >= 11 is 0. The first-order chi connectivity index (χ1) is 12.2. The van der Waals surface area contributed by atoms with Crippen molar-refractivity contribution in [3.8, 4) is 5.75 Å². The highest BCUT2D eigenvalue weighted by atomic mass is 19.1. The molecular weight excluding hydrogens is 317 g/mol. The van der Waals surface area contributed by atoms with Gasteiger partial charge in [-0.2, -0.15) is 0 Å². The van der Waals surface area contributed by atoms with Gasteiger partial charge >= 0.3 is 0 Å². The SMILES string of the molecule is CCCOc1ccccc1CCCNC(=O)CCc1ccccc1F. The van der Waals surface area contributed by atoms with Gasteiger partial charge in [0.25, 0.3) is 0 Å². The maximum absolute atomic E-state index is 13.5. The predicted molar refractivity (Wildman–Crippen MR) is 98.3 cm³/mol. The summed E-state index contributed by atoms with van der Waals surface area (Å²) in [4.78, 5) is 11.9. The summed E-state index contributed by atoms with van der Waals surface area (Å²) in [6, 6.07) is 14.6. The van der Waals surface area contributed by atoms with Gasteiger partial charge in [0.2, 0.25) is 5.91 Å². The monoisotopic (exact) mass is 343 g/mol. The number of rotatable bonds is 10. The fraction of sp³-hybridized carbons (Fsp3) is 0.381. The Morgan fingerprint density at radius 1 is 1.04 bits per heavy atom. The summed E-state index contributed by atoms with van der Waals surface area (Å²) in [5.41, 5.74) is 1.75. The van der Waals surface area contributed by atoms with E-state index >= 15 is 0 Å². The Labute approximate surface area is 149 Å². The van der Waals surface area contributed by atoms with Crippen molar-refractivity contribution < 1.29 is 13.9 Å². The molecule has 3 nitrogen and oxygen atoms in total. The van der Waals surface area contributed by atoms with Gasteiger partial charge in [0, 0.05) is 13.0 Å². The number of benzene rings is 2. The number of ether oxygens (including phenoxy) is 1. The molecule has 0 atom stereocenters. The molecule has 0 saturated carbocycles. The normalized spacial score (nSPS) is 10.5. The third kappa shape index (κ3) is 6.57. The molecule has 0 heterocycles. The second kappa shape index (κ2) is 10.5. The average molecular weight is 343 g/mol. The smallest absolute Gasteiger partial charge is 0.220 e. The molecule has 0 aliphatic heterocycles. The van der Waals surface area contributed by atoms with Gasteiger partial charge in [-0.15, -0.1) is 0 Å². The third-order valence-electron chi connectivity index (χ3n) is 3.96. The number of hydrogen-bond donors (Lipinski definition) is 1. The van der Waals surface area contributed by atoms with Crippen molar-refractivity contribution >= 4 is 5.91 Å². The molecule has 0 spiro atoms. The molecule has 1 N–H and O–H groups in total. The summed E-state index contributed by atoms with van der Waals surface area (Å²) in [6.07, 6.45) is 3.40. The molecular formula is C21H26FNO2. The van der Waals surface area contributed by atoms with Crippen molar-refractivity contribution in [2.45, 2.75) is 39.0 Å². The summed E-state index contributed by atoms with van der Waals surface area (Å²) in [7, 11) is 0. The average Bonchev–Trinajstić information content (AvgIpc) is 2.63. The first-order valence-corrected chi connectivity index (χ1v) is 8.91. The van der Waals surface area contributed by atoms with Crippen LogP contribution in [0.25, 0.3) is 0 Å². The van der Waals surface area contributed by atoms with E-state index in [-0.39, 0.29) is 11.7 Å². The Hall–Kier alpha value is -2.36. The zero-order valence-corrected chi connectivity index (χ0v) is 14.8. The maximum Gasteiger partial charge on any atom is 0.220 e. The van der Waals surface area contributed by atoms with Crippen LogP contribution in [-0.4, -0.2) is 19.1 Å². The first kappa shape index (κ1) is 19.0. The molecule has 0 unspecified atom stereocenters. The van der Waals surface area contributed by atoms with Crippen LogP contribution < -0.4 is 10.1 Å². The van der Waals surface area contributed by atoms with E-state index in [0.717, 1.165) is 30.6 Å². The molecule has 2 aromatic rings. The summed E-state index contributed by atoms with van der Waals surface area (Å²) in [6.45, 7) is 3.40. The third-order valence-corrected chi connectivity index (χ3v) is 3.96. The van der Waals surface area contributed by atoms with E-state index in [0.29, 0.717) is 31.6 Å². The lowest BCUT2D eigenvalue weighted by Crippen LogP contribution is -2.25. The fourth-order valence-electron chi connectivity index (χ4n) is 2.61. The van der Waals surface area contributed by atoms with Crippen LogP contribution in [0.2, 0.25) is 0 Å². The highest BCUT2D eigenvalue weighted by Gasteiger charge is 2.06. The molecule has 2 aromatic carbocycles. The predicted octanol–water partition coefficient (Wildman–Crippen LogP) is 4.30. The van der Waals surface area contributed by atoms with Crippen LogP contribution >= 0.6 is 0 Å². The van der Waals surface area contributed by atoms with Crippen LogP contribution in [0, 0.1) is 5.82 Å². The van der Waals surface area contributed by atoms with Gasteiger partial charge in [0.05, 0.1) is 6.61 Å². The molecule has 0 bridgehead atoms. The molecule has 0 radical (unpaired) electrons. The molecule has 0 aromatic heterocycles. The Morgan fingerprint density at radius 3 is 2.52 bits per heavy atom. The van der Waals surface area contributed by atoms with Gasteiger partial charge in [-0.25, -0.2) is 4.39 Å². The minimum Gasteiger partial charge on any atom is -0.493 e. The van der Waals surface area contributed by atoms with E-state index in [2.05, 4.69) is 18.3 Å². The van der Waals surface area contributed by atoms with E-state index in [1.54, 1.807) is 18.2 Å². The van der Waals surface area contributed by atoms with Crippen molar-refractivity contribution in [3.63, 3.8) is 0 Å². The second-order valence-corrected chi connectivity index (χ2v) is 6.00. The number of para-hydroxylation sites is 1. The summed E-state index contributed by atoms with van der Waals surface area (Å²) < 4.78 is 19.3. The fourth-order valence-corrected chi connectivity index (χ4v) is 2.61. The topological polar surface area (TPSA) is 38.3 Å². The lowest BCUT2D eigenvalue weighted by Gasteiger charge is -2.11. The van der Waals surface area contributed by atoms with Crippen molar-refractivity contribution in [3.05, 3.63) is 65.5 Å². The molecule has 0 saturated heterocycles. The Kier molecular flexibility index (Phi) is 7.96. The minimum absolute atomic E-state index is 0.0428. The van der Waals surface area contributed by atoms with Crippen molar-refractivity contribution in [1.29, 1.82) is 0 Å². The molecule has 0 aliphatic carbocycles. The van der Waals surface area contributed by atoms with Crippen LogP contribution in [-0.2, 0) is 17.6 Å². The highest BCUT2D eigenvalue weighted by Crippen LogP contribution is 2.19. The van der Waals surface area contributed by atoms with Crippen molar-refractivity contribution in [1.82, 2.24) is 5.32 Å². The van der Waals surface area contributed by atoms with Crippen LogP contribution in [0.5, 0.6) is 5.75 Å². The van der Waals surface area contributed by atoms with Crippen LogP contribution in [0.3, 0.4) is 0 Å². The molecule has 2 rings (SSSR count). The largest absolute Gasteiger partial charge is 0.493 e. The molecule has 134 valence electrons. The standard InChI is InChI=1S/C21H26FNO2/c1-2-16-25-20-12-6-4-9-18(20)10-7-15-23-21(24)14-13-17-8-3-5-11-19(17)22/h3-6,8-9,11-12H,2,7,10,13-16H2,1H3,(H,23,24). The lowest BCUT2D eigenvalue weighted by atomic mass is 10.1. The first-order valence-electron chi connectivity index (χ1n) is 8.91. The van der Waals surface area contributed by atoms with E-state index in [1.807, 2.05) is 18.2 Å². The second-order valence-electron chi connectivity index (χ2n) is 6.00. The van der Waals surface area contributed by atoms with E-state index in [4.69, 9.17) is 4.74 Å². The van der Waals surface area contributed by atoms with E-state index in [1.165, 1.54) is 6.07 Å². The number of hydrogen-bond acceptors (Lipinski definition) is 2. The molecule has 0 aliphatic rings. The number of amides is 1.